The van der Waals surface area contributed by atoms with Gasteiger partial charge in [0.05, 0.1) is 11.4 Å². The van der Waals surface area contributed by atoms with Crippen molar-refractivity contribution in [3.05, 3.63) is 76.6 Å². The van der Waals surface area contributed by atoms with E-state index in [2.05, 4.69) is 9.84 Å². The van der Waals surface area contributed by atoms with Gasteiger partial charge in [-0.1, -0.05) is 18.2 Å². The van der Waals surface area contributed by atoms with Gasteiger partial charge in [-0.15, -0.1) is 0 Å². The summed E-state index contributed by atoms with van der Waals surface area (Å²) in [5, 5.41) is 22.2. The molecule has 0 aliphatic rings. The zero-order chi connectivity index (χ0) is 21.9. The molecule has 0 fully saturated rings. The fraction of sp³-hybridized carbons (Fsp3) is 0.238. The number of alkyl halides is 2. The molecule has 0 atom stereocenters. The summed E-state index contributed by atoms with van der Waals surface area (Å²) in [6.45, 7) is 1.19. The number of aromatic nitrogens is 2. The average Bonchev–Trinajstić information content (AvgIpc) is 3.07. The SMILES string of the molecule is Cc1nn(-c2ccccc2)c(C(F)(F)Oc2c(F)cc(CCCO)cc2F)c1C#N. The number of benzene rings is 2. The second kappa shape index (κ2) is 8.55. The maximum atomic E-state index is 15.1. The van der Waals surface area contributed by atoms with Crippen LogP contribution in [0.25, 0.3) is 5.69 Å². The van der Waals surface area contributed by atoms with Crippen molar-refractivity contribution in [1.29, 1.82) is 5.26 Å². The highest BCUT2D eigenvalue weighted by atomic mass is 19.3. The predicted octanol–water partition coefficient (Wildman–Crippen LogP) is 4.38. The lowest BCUT2D eigenvalue weighted by Crippen LogP contribution is -2.27. The highest BCUT2D eigenvalue weighted by Gasteiger charge is 2.44. The van der Waals surface area contributed by atoms with Crippen LogP contribution in [0.4, 0.5) is 17.6 Å². The number of nitrogens with zero attached hydrogens (tertiary/aromatic N) is 3. The first-order valence-corrected chi connectivity index (χ1v) is 8.99. The Morgan fingerprint density at radius 3 is 2.37 bits per heavy atom. The van der Waals surface area contributed by atoms with Crippen molar-refractivity contribution in [3.8, 4) is 17.5 Å². The molecule has 0 amide bonds. The molecule has 1 heterocycles. The molecule has 9 heteroatoms. The van der Waals surface area contributed by atoms with Crippen LogP contribution in [0.3, 0.4) is 0 Å². The van der Waals surface area contributed by atoms with Gasteiger partial charge in [0.25, 0.3) is 0 Å². The van der Waals surface area contributed by atoms with Crippen LogP contribution in [0.15, 0.2) is 42.5 Å². The number of para-hydroxylation sites is 1. The van der Waals surface area contributed by atoms with Gasteiger partial charge < -0.3 is 9.84 Å². The first kappa shape index (κ1) is 21.3. The first-order valence-electron chi connectivity index (χ1n) is 8.99. The minimum absolute atomic E-state index is 0.0138. The Morgan fingerprint density at radius 2 is 1.80 bits per heavy atom. The van der Waals surface area contributed by atoms with Crippen molar-refractivity contribution in [3.63, 3.8) is 0 Å². The van der Waals surface area contributed by atoms with Gasteiger partial charge in [0.1, 0.15) is 11.6 Å². The lowest BCUT2D eigenvalue weighted by Gasteiger charge is -2.20. The molecule has 5 nitrogen and oxygen atoms in total. The van der Waals surface area contributed by atoms with Crippen LogP contribution in [0, 0.1) is 29.9 Å². The van der Waals surface area contributed by atoms with E-state index >= 15 is 8.78 Å². The summed E-state index contributed by atoms with van der Waals surface area (Å²) in [7, 11) is 0. The van der Waals surface area contributed by atoms with Gasteiger partial charge in [0.15, 0.2) is 23.1 Å². The van der Waals surface area contributed by atoms with Crippen molar-refractivity contribution in [2.24, 2.45) is 0 Å². The highest BCUT2D eigenvalue weighted by molar-refractivity contribution is 5.45. The topological polar surface area (TPSA) is 71.1 Å². The fourth-order valence-corrected chi connectivity index (χ4v) is 3.00. The van der Waals surface area contributed by atoms with E-state index in [-0.39, 0.29) is 36.4 Å². The predicted molar refractivity (Wildman–Crippen MR) is 99.3 cm³/mol. The third kappa shape index (κ3) is 4.14. The van der Waals surface area contributed by atoms with E-state index in [4.69, 9.17) is 5.11 Å². The maximum absolute atomic E-state index is 15.1. The minimum atomic E-state index is -4.27. The highest BCUT2D eigenvalue weighted by Crippen LogP contribution is 2.38. The smallest absolute Gasteiger partial charge is 0.421 e. The number of hydrogen-bond acceptors (Lipinski definition) is 4. The van der Waals surface area contributed by atoms with E-state index in [1.807, 2.05) is 0 Å². The number of nitriles is 1. The molecule has 1 N–H and O–H groups in total. The van der Waals surface area contributed by atoms with Crippen LogP contribution in [0.5, 0.6) is 5.75 Å². The summed E-state index contributed by atoms with van der Waals surface area (Å²) in [6, 6.07) is 11.2. The number of hydrogen-bond donors (Lipinski definition) is 1. The van der Waals surface area contributed by atoms with Crippen molar-refractivity contribution in [1.82, 2.24) is 9.78 Å². The number of halogens is 4. The van der Waals surface area contributed by atoms with Gasteiger partial charge in [0.2, 0.25) is 0 Å². The molecular weight excluding hydrogens is 402 g/mol. The van der Waals surface area contributed by atoms with E-state index in [1.165, 1.54) is 19.1 Å². The molecule has 1 aromatic heterocycles. The maximum Gasteiger partial charge on any atom is 0.445 e. The molecule has 0 saturated carbocycles. The Bertz CT molecular complexity index is 1070. The molecule has 0 saturated heterocycles. The normalized spacial score (nSPS) is 11.4. The van der Waals surface area contributed by atoms with Crippen LogP contribution in [0.1, 0.15) is 28.9 Å². The van der Waals surface area contributed by atoms with Gasteiger partial charge in [-0.25, -0.2) is 13.5 Å². The second-order valence-corrected chi connectivity index (χ2v) is 6.50. The summed E-state index contributed by atoms with van der Waals surface area (Å²) >= 11 is 0. The summed E-state index contributed by atoms with van der Waals surface area (Å²) in [5.74, 6) is -3.90. The van der Waals surface area contributed by atoms with Crippen LogP contribution in [0.2, 0.25) is 0 Å². The monoisotopic (exact) mass is 419 g/mol. The van der Waals surface area contributed by atoms with Crippen molar-refractivity contribution in [2.75, 3.05) is 6.61 Å². The molecule has 30 heavy (non-hydrogen) atoms. The zero-order valence-corrected chi connectivity index (χ0v) is 15.9. The summed E-state index contributed by atoms with van der Waals surface area (Å²) in [6.07, 6.45) is -3.84. The van der Waals surface area contributed by atoms with E-state index in [0.717, 1.165) is 16.8 Å². The van der Waals surface area contributed by atoms with Crippen LogP contribution in [-0.2, 0) is 12.5 Å². The van der Waals surface area contributed by atoms with E-state index in [0.29, 0.717) is 0 Å². The van der Waals surface area contributed by atoms with Crippen molar-refractivity contribution >= 4 is 0 Å². The Balaban J connectivity index is 2.06. The van der Waals surface area contributed by atoms with Gasteiger partial charge in [-0.2, -0.15) is 19.1 Å². The van der Waals surface area contributed by atoms with Gasteiger partial charge >= 0.3 is 6.11 Å². The van der Waals surface area contributed by atoms with Gasteiger partial charge in [-0.05, 0) is 49.6 Å². The molecule has 0 aliphatic heterocycles. The van der Waals surface area contributed by atoms with Gasteiger partial charge in [0, 0.05) is 6.61 Å². The van der Waals surface area contributed by atoms with Crippen LogP contribution < -0.4 is 4.74 Å². The summed E-state index contributed by atoms with van der Waals surface area (Å²) in [5.41, 5.74) is -0.959. The third-order valence-corrected chi connectivity index (χ3v) is 4.36. The Kier molecular flexibility index (Phi) is 6.08. The number of aliphatic hydroxyl groups excluding tert-OH is 1. The molecule has 156 valence electrons. The average molecular weight is 419 g/mol. The summed E-state index contributed by atoms with van der Waals surface area (Å²) in [4.78, 5) is 0. The van der Waals surface area contributed by atoms with E-state index < -0.39 is 34.7 Å². The minimum Gasteiger partial charge on any atom is -0.421 e. The molecule has 0 aliphatic carbocycles. The fourth-order valence-electron chi connectivity index (χ4n) is 3.00. The Hall–Kier alpha value is -3.38. The van der Waals surface area contributed by atoms with E-state index in [9.17, 15) is 14.0 Å². The standard InChI is InChI=1S/C21H17F4N3O2/c1-13-16(12-26)20(28(27-13)15-7-3-2-4-8-15)21(24,25)30-19-17(22)10-14(6-5-9-29)11-18(19)23/h2-4,7-8,10-11,29H,5-6,9H2,1H3. The number of aryl methyl sites for hydroxylation is 2. The molecule has 0 radical (unpaired) electrons. The van der Waals surface area contributed by atoms with Crippen LogP contribution >= 0.6 is 0 Å². The lowest BCUT2D eigenvalue weighted by molar-refractivity contribution is -0.193. The van der Waals surface area contributed by atoms with Crippen molar-refractivity contribution < 1.29 is 27.4 Å². The van der Waals surface area contributed by atoms with Crippen LogP contribution in [-0.4, -0.2) is 21.5 Å². The lowest BCUT2D eigenvalue weighted by atomic mass is 10.1. The first-order chi connectivity index (χ1) is 14.3. The summed E-state index contributed by atoms with van der Waals surface area (Å²) < 4.78 is 64.2. The van der Waals surface area contributed by atoms with Crippen molar-refractivity contribution in [2.45, 2.75) is 25.9 Å². The Morgan fingerprint density at radius 1 is 1.17 bits per heavy atom. The van der Waals surface area contributed by atoms with Gasteiger partial charge in [-0.3, -0.25) is 0 Å². The number of aliphatic hydroxyl groups is 1. The molecule has 2 aromatic carbocycles. The molecule has 0 spiro atoms. The number of ether oxygens (including phenoxy) is 1. The van der Waals surface area contributed by atoms with E-state index in [1.54, 1.807) is 24.3 Å². The zero-order valence-electron chi connectivity index (χ0n) is 15.9. The quantitative estimate of drug-likeness (QED) is 0.577. The number of rotatable bonds is 7. The molecule has 3 rings (SSSR count). The molecule has 0 bridgehead atoms. The second-order valence-electron chi connectivity index (χ2n) is 6.50. The molecule has 3 aromatic rings. The largest absolute Gasteiger partial charge is 0.445 e. The molecular formula is C21H17F4N3O2. The molecule has 0 unspecified atom stereocenters. The third-order valence-electron chi connectivity index (χ3n) is 4.36. The Labute approximate surface area is 169 Å².